The van der Waals surface area contributed by atoms with Crippen LogP contribution in [0.25, 0.3) is 22.9 Å². The molecule has 0 bridgehead atoms. The number of aromatic nitrogens is 6. The third-order valence-electron chi connectivity index (χ3n) is 3.97. The maximum Gasteiger partial charge on any atom is 0.294 e. The molecule has 3 heterocycles. The van der Waals surface area contributed by atoms with Crippen molar-refractivity contribution in [2.45, 2.75) is 19.1 Å². The number of H-pyrrole nitrogens is 1. The lowest BCUT2D eigenvalue weighted by molar-refractivity contribution is 0.366. The van der Waals surface area contributed by atoms with Gasteiger partial charge in [0.2, 0.25) is 5.82 Å². The van der Waals surface area contributed by atoms with E-state index in [2.05, 4.69) is 25.4 Å². The Morgan fingerprint density at radius 2 is 2.27 bits per heavy atom. The average Bonchev–Trinajstić information content (AvgIpc) is 3.29. The second kappa shape index (κ2) is 6.39. The number of nitrogens with two attached hydrogens (primary N) is 1. The lowest BCUT2D eigenvalue weighted by Gasteiger charge is -2.15. The zero-order valence-corrected chi connectivity index (χ0v) is 13.5. The molecule has 1 unspecified atom stereocenters. The van der Waals surface area contributed by atoms with E-state index in [1.54, 1.807) is 29.0 Å². The third-order valence-corrected chi connectivity index (χ3v) is 3.97. The fraction of sp³-hybridized carbons (Fsp3) is 0.188. The molecule has 0 radical (unpaired) electrons. The molecule has 26 heavy (non-hydrogen) atoms. The number of halogens is 1. The third kappa shape index (κ3) is 2.92. The zero-order chi connectivity index (χ0) is 18.1. The minimum atomic E-state index is -1.08. The van der Waals surface area contributed by atoms with Gasteiger partial charge in [-0.05, 0) is 11.6 Å². The van der Waals surface area contributed by atoms with Crippen molar-refractivity contribution in [1.82, 2.24) is 30.1 Å². The van der Waals surface area contributed by atoms with Crippen LogP contribution in [0.2, 0.25) is 0 Å². The zero-order valence-electron chi connectivity index (χ0n) is 13.5. The molecule has 3 aromatic heterocycles. The topological polar surface area (TPSA) is 129 Å². The Kier molecular flexibility index (Phi) is 3.92. The van der Waals surface area contributed by atoms with Gasteiger partial charge in [0.1, 0.15) is 23.8 Å². The quantitative estimate of drug-likeness (QED) is 0.725. The number of nitrogen functional groups attached to an aromatic ring is 1. The first kappa shape index (κ1) is 15.9. The number of rotatable bonds is 4. The van der Waals surface area contributed by atoms with Crippen LogP contribution in [0.15, 0.2) is 51.5 Å². The summed E-state index contributed by atoms with van der Waals surface area (Å²) in [4.78, 5) is 14.2. The molecule has 3 N–H and O–H groups in total. The minimum absolute atomic E-state index is 0.155. The minimum Gasteiger partial charge on any atom is -0.378 e. The van der Waals surface area contributed by atoms with Crippen molar-refractivity contribution in [2.24, 2.45) is 0 Å². The molecular weight excluding hydrogens is 341 g/mol. The van der Waals surface area contributed by atoms with E-state index >= 15 is 0 Å². The van der Waals surface area contributed by atoms with Gasteiger partial charge in [-0.3, -0.25) is 9.48 Å². The summed E-state index contributed by atoms with van der Waals surface area (Å²) in [6.45, 7) is 0.223. The van der Waals surface area contributed by atoms with Gasteiger partial charge in [0.05, 0.1) is 12.2 Å². The smallest absolute Gasteiger partial charge is 0.294 e. The second-order valence-corrected chi connectivity index (χ2v) is 5.72. The molecule has 1 aliphatic rings. The van der Waals surface area contributed by atoms with E-state index in [4.69, 9.17) is 10.3 Å². The molecule has 4 rings (SSSR count). The highest BCUT2D eigenvalue weighted by Crippen LogP contribution is 2.26. The van der Waals surface area contributed by atoms with Crippen molar-refractivity contribution >= 4 is 5.82 Å². The van der Waals surface area contributed by atoms with E-state index in [0.717, 1.165) is 0 Å². The Balaban J connectivity index is 1.78. The van der Waals surface area contributed by atoms with Gasteiger partial charge in [-0.15, -0.1) is 10.2 Å². The van der Waals surface area contributed by atoms with Gasteiger partial charge in [0.15, 0.2) is 5.82 Å². The number of allylic oxidation sites excluding steroid dienone is 4. The van der Waals surface area contributed by atoms with Crippen LogP contribution in [0.1, 0.15) is 6.42 Å². The Hall–Kier alpha value is -3.56. The molecule has 1 atom stereocenters. The highest BCUT2D eigenvalue weighted by Gasteiger charge is 2.20. The van der Waals surface area contributed by atoms with Crippen molar-refractivity contribution in [3.8, 4) is 22.9 Å². The van der Waals surface area contributed by atoms with Gasteiger partial charge < -0.3 is 15.2 Å². The van der Waals surface area contributed by atoms with E-state index in [1.807, 2.05) is 6.08 Å². The van der Waals surface area contributed by atoms with Crippen LogP contribution in [0, 0.1) is 0 Å². The van der Waals surface area contributed by atoms with Gasteiger partial charge in [-0.1, -0.05) is 23.4 Å². The molecule has 0 saturated heterocycles. The number of nitrogens with one attached hydrogen (secondary N) is 1. The highest BCUT2D eigenvalue weighted by atomic mass is 19.1. The first-order valence-corrected chi connectivity index (χ1v) is 7.83. The first-order valence-electron chi connectivity index (χ1n) is 7.83. The van der Waals surface area contributed by atoms with Crippen molar-refractivity contribution in [3.05, 3.63) is 52.6 Å². The maximum atomic E-state index is 14.2. The second-order valence-electron chi connectivity index (χ2n) is 5.72. The summed E-state index contributed by atoms with van der Waals surface area (Å²) in [6.07, 6.45) is 6.00. The number of hydrogen-bond acceptors (Lipinski definition) is 7. The van der Waals surface area contributed by atoms with Crippen LogP contribution in [0.3, 0.4) is 0 Å². The Morgan fingerprint density at radius 3 is 3.00 bits per heavy atom. The highest BCUT2D eigenvalue weighted by molar-refractivity contribution is 5.62. The van der Waals surface area contributed by atoms with E-state index in [-0.39, 0.29) is 18.2 Å². The lowest BCUT2D eigenvalue weighted by Crippen LogP contribution is -2.16. The van der Waals surface area contributed by atoms with Gasteiger partial charge in [0.25, 0.3) is 5.56 Å². The summed E-state index contributed by atoms with van der Waals surface area (Å²) in [7, 11) is 0. The maximum absolute atomic E-state index is 14.2. The molecule has 0 aromatic carbocycles. The van der Waals surface area contributed by atoms with Crippen LogP contribution in [-0.4, -0.2) is 36.3 Å². The number of anilines is 1. The van der Waals surface area contributed by atoms with Crippen molar-refractivity contribution in [1.29, 1.82) is 0 Å². The molecule has 10 heteroatoms. The SMILES string of the molecule is Nc1nnc(-c2cc(-c3ccon3)n(CC3=CC=CCC3F)n2)[nH]c1=O. The van der Waals surface area contributed by atoms with E-state index in [1.165, 1.54) is 6.26 Å². The fourth-order valence-electron chi connectivity index (χ4n) is 2.64. The fourth-order valence-corrected chi connectivity index (χ4v) is 2.64. The first-order chi connectivity index (χ1) is 12.6. The molecule has 0 aliphatic heterocycles. The van der Waals surface area contributed by atoms with Crippen molar-refractivity contribution in [3.63, 3.8) is 0 Å². The Morgan fingerprint density at radius 1 is 1.38 bits per heavy atom. The largest absolute Gasteiger partial charge is 0.378 e. The number of hydrogen-bond donors (Lipinski definition) is 2. The van der Waals surface area contributed by atoms with E-state index in [9.17, 15) is 9.18 Å². The van der Waals surface area contributed by atoms with E-state index < -0.39 is 11.7 Å². The summed E-state index contributed by atoms with van der Waals surface area (Å²) < 4.78 is 20.6. The lowest BCUT2D eigenvalue weighted by atomic mass is 10.0. The number of nitrogens with zero attached hydrogens (tertiary/aromatic N) is 5. The molecule has 9 nitrogen and oxygen atoms in total. The van der Waals surface area contributed by atoms with Gasteiger partial charge in [-0.2, -0.15) is 5.10 Å². The molecule has 3 aromatic rings. The molecule has 0 saturated carbocycles. The number of alkyl halides is 1. The Labute approximate surface area is 146 Å². The summed E-state index contributed by atoms with van der Waals surface area (Å²) >= 11 is 0. The van der Waals surface area contributed by atoms with Gasteiger partial charge >= 0.3 is 0 Å². The molecule has 0 fully saturated rings. The van der Waals surface area contributed by atoms with Crippen molar-refractivity contribution in [2.75, 3.05) is 5.73 Å². The van der Waals surface area contributed by atoms with Crippen LogP contribution in [0.4, 0.5) is 10.2 Å². The number of aromatic amines is 1. The van der Waals surface area contributed by atoms with Crippen LogP contribution in [-0.2, 0) is 6.54 Å². The monoisotopic (exact) mass is 355 g/mol. The molecule has 1 aliphatic carbocycles. The van der Waals surface area contributed by atoms with Crippen LogP contribution >= 0.6 is 0 Å². The van der Waals surface area contributed by atoms with Crippen LogP contribution in [0.5, 0.6) is 0 Å². The molecule has 0 amide bonds. The predicted octanol–water partition coefficient (Wildman–Crippen LogP) is 1.49. The average molecular weight is 355 g/mol. The summed E-state index contributed by atoms with van der Waals surface area (Å²) in [5.41, 5.74) is 6.90. The molecule has 132 valence electrons. The van der Waals surface area contributed by atoms with Crippen molar-refractivity contribution < 1.29 is 8.91 Å². The predicted molar refractivity (Wildman–Crippen MR) is 90.5 cm³/mol. The summed E-state index contributed by atoms with van der Waals surface area (Å²) in [5, 5.41) is 15.8. The van der Waals surface area contributed by atoms with E-state index in [0.29, 0.717) is 29.1 Å². The summed E-state index contributed by atoms with van der Waals surface area (Å²) in [6, 6.07) is 3.33. The van der Waals surface area contributed by atoms with Crippen LogP contribution < -0.4 is 11.3 Å². The standard InChI is InChI=1S/C16H14FN7O2/c17-10-4-2-1-3-9(10)8-24-13(11-5-6-26-23-11)7-12(22-24)15-19-16(25)14(18)20-21-15/h1-3,5-7,10H,4,8H2,(H2,18,20)(H,19,21,25). The summed E-state index contributed by atoms with van der Waals surface area (Å²) in [5.74, 6) is -0.0775. The molecule has 0 spiro atoms. The Bertz CT molecular complexity index is 1050. The van der Waals surface area contributed by atoms with Gasteiger partial charge in [0, 0.05) is 12.5 Å². The van der Waals surface area contributed by atoms with Gasteiger partial charge in [-0.25, -0.2) is 4.39 Å². The molecular formula is C16H14FN7O2. The normalized spacial score (nSPS) is 16.7.